The predicted molar refractivity (Wildman–Crippen MR) is 97.1 cm³/mol. The van der Waals surface area contributed by atoms with Gasteiger partial charge in [0.05, 0.1) is 18.7 Å². The van der Waals surface area contributed by atoms with Gasteiger partial charge in [0.1, 0.15) is 5.75 Å². The summed E-state index contributed by atoms with van der Waals surface area (Å²) in [5.41, 5.74) is 3.18. The van der Waals surface area contributed by atoms with Crippen LogP contribution >= 0.6 is 0 Å². The first-order chi connectivity index (χ1) is 12.0. The van der Waals surface area contributed by atoms with E-state index in [0.29, 0.717) is 36.6 Å². The van der Waals surface area contributed by atoms with Gasteiger partial charge in [0, 0.05) is 31.9 Å². The lowest BCUT2D eigenvalue weighted by atomic mass is 10.1. The van der Waals surface area contributed by atoms with Crippen LogP contribution in [0.2, 0.25) is 0 Å². The smallest absolute Gasteiger partial charge is 0.251 e. The molecule has 0 atom stereocenters. The minimum atomic E-state index is -0.138. The van der Waals surface area contributed by atoms with E-state index in [0.717, 1.165) is 11.3 Å². The lowest BCUT2D eigenvalue weighted by Gasteiger charge is -2.13. The highest BCUT2D eigenvalue weighted by Crippen LogP contribution is 2.28. The molecule has 1 heterocycles. The summed E-state index contributed by atoms with van der Waals surface area (Å²) in [4.78, 5) is 25.9. The fourth-order valence-corrected chi connectivity index (χ4v) is 2.57. The van der Waals surface area contributed by atoms with E-state index in [1.165, 1.54) is 0 Å². The summed E-state index contributed by atoms with van der Waals surface area (Å²) < 4.78 is 5.52. The zero-order valence-corrected chi connectivity index (χ0v) is 14.3. The average Bonchev–Trinajstić information content (AvgIpc) is 2.79. The van der Waals surface area contributed by atoms with E-state index in [4.69, 9.17) is 4.74 Å². The van der Waals surface area contributed by atoms with Crippen molar-refractivity contribution in [3.8, 4) is 5.75 Å². The van der Waals surface area contributed by atoms with Crippen LogP contribution in [0.3, 0.4) is 0 Å². The molecular formula is C19H21N3O3. The number of fused-ring (bicyclic) bond motifs is 1. The number of hydrogen-bond donors (Lipinski definition) is 2. The number of nitrogens with zero attached hydrogens (tertiary/aromatic N) is 1. The van der Waals surface area contributed by atoms with E-state index in [1.54, 1.807) is 12.1 Å². The number of rotatable bonds is 4. The number of benzene rings is 2. The van der Waals surface area contributed by atoms with E-state index in [-0.39, 0.29) is 11.8 Å². The van der Waals surface area contributed by atoms with Crippen molar-refractivity contribution in [3.63, 3.8) is 0 Å². The fraction of sp³-hybridized carbons (Fsp3) is 0.263. The van der Waals surface area contributed by atoms with Crippen molar-refractivity contribution in [2.75, 3.05) is 30.9 Å². The highest BCUT2D eigenvalue weighted by atomic mass is 16.5. The number of carbonyl (C=O) groups is 2. The maximum absolute atomic E-state index is 12.3. The van der Waals surface area contributed by atoms with Crippen LogP contribution in [0.15, 0.2) is 42.5 Å². The van der Waals surface area contributed by atoms with Crippen molar-refractivity contribution in [2.45, 2.75) is 13.0 Å². The van der Waals surface area contributed by atoms with Crippen LogP contribution in [0.4, 0.5) is 11.4 Å². The Morgan fingerprint density at radius 3 is 2.68 bits per heavy atom. The highest BCUT2D eigenvalue weighted by molar-refractivity contribution is 5.95. The highest BCUT2D eigenvalue weighted by Gasteiger charge is 2.14. The lowest BCUT2D eigenvalue weighted by molar-refractivity contribution is -0.116. The molecule has 6 heteroatoms. The normalized spacial score (nSPS) is 13.1. The minimum absolute atomic E-state index is 0.0686. The zero-order chi connectivity index (χ0) is 17.8. The second-order valence-corrected chi connectivity index (χ2v) is 6.10. The molecule has 0 saturated carbocycles. The first kappa shape index (κ1) is 16.8. The number of hydrogen-bond acceptors (Lipinski definition) is 4. The number of ether oxygens (including phenoxy) is 1. The molecule has 2 aromatic carbocycles. The van der Waals surface area contributed by atoms with Crippen LogP contribution in [0.5, 0.6) is 5.75 Å². The van der Waals surface area contributed by atoms with Crippen molar-refractivity contribution < 1.29 is 14.3 Å². The molecule has 0 bridgehead atoms. The van der Waals surface area contributed by atoms with Gasteiger partial charge in [-0.3, -0.25) is 9.59 Å². The largest absolute Gasteiger partial charge is 0.491 e. The molecule has 3 rings (SSSR count). The van der Waals surface area contributed by atoms with Gasteiger partial charge in [-0.25, -0.2) is 0 Å². The van der Waals surface area contributed by atoms with Crippen LogP contribution in [0, 0.1) is 0 Å². The van der Waals surface area contributed by atoms with Gasteiger partial charge >= 0.3 is 0 Å². The Balaban J connectivity index is 1.65. The molecule has 0 unspecified atom stereocenters. The molecule has 2 N–H and O–H groups in total. The average molecular weight is 339 g/mol. The minimum Gasteiger partial charge on any atom is -0.491 e. The van der Waals surface area contributed by atoms with Crippen LogP contribution in [0.1, 0.15) is 22.3 Å². The Morgan fingerprint density at radius 1 is 1.20 bits per heavy atom. The standard InChI is InChI=1S/C19H21N3O3/c1-22(2)15-6-4-14(5-7-15)19(24)20-12-13-3-8-17-16(11-13)21-18(23)9-10-25-17/h3-8,11H,9-10,12H2,1-2H3,(H,20,24)(H,21,23). The van der Waals surface area contributed by atoms with Gasteiger partial charge in [0.15, 0.2) is 0 Å². The monoisotopic (exact) mass is 339 g/mol. The molecular weight excluding hydrogens is 318 g/mol. The number of carbonyl (C=O) groups excluding carboxylic acids is 2. The third-order valence-electron chi connectivity index (χ3n) is 4.00. The molecule has 0 spiro atoms. The molecule has 2 amide bonds. The van der Waals surface area contributed by atoms with Crippen molar-refractivity contribution in [2.24, 2.45) is 0 Å². The molecule has 0 saturated heterocycles. The third-order valence-corrected chi connectivity index (χ3v) is 4.00. The number of amides is 2. The Labute approximate surface area is 146 Å². The summed E-state index contributed by atoms with van der Waals surface area (Å²) >= 11 is 0. The topological polar surface area (TPSA) is 70.7 Å². The van der Waals surface area contributed by atoms with Gasteiger partial charge in [-0.2, -0.15) is 0 Å². The van der Waals surface area contributed by atoms with Gasteiger partial charge in [0.2, 0.25) is 5.91 Å². The summed E-state index contributed by atoms with van der Waals surface area (Å²) in [6, 6.07) is 12.9. The Hall–Kier alpha value is -3.02. The molecule has 0 aromatic heterocycles. The molecule has 0 radical (unpaired) electrons. The van der Waals surface area contributed by atoms with Gasteiger partial charge in [0.25, 0.3) is 5.91 Å². The Bertz CT molecular complexity index is 785. The summed E-state index contributed by atoms with van der Waals surface area (Å²) in [6.45, 7) is 0.745. The van der Waals surface area contributed by atoms with Gasteiger partial charge in [-0.15, -0.1) is 0 Å². The Morgan fingerprint density at radius 2 is 1.96 bits per heavy atom. The quantitative estimate of drug-likeness (QED) is 0.897. The van der Waals surface area contributed by atoms with E-state index in [9.17, 15) is 9.59 Å². The summed E-state index contributed by atoms with van der Waals surface area (Å²) in [5.74, 6) is 0.446. The molecule has 0 aliphatic carbocycles. The molecule has 25 heavy (non-hydrogen) atoms. The number of nitrogens with one attached hydrogen (secondary N) is 2. The summed E-state index contributed by atoms with van der Waals surface area (Å²) in [7, 11) is 3.91. The lowest BCUT2D eigenvalue weighted by Crippen LogP contribution is -2.23. The molecule has 2 aromatic rings. The Kier molecular flexibility index (Phi) is 4.88. The zero-order valence-electron chi connectivity index (χ0n) is 14.3. The van der Waals surface area contributed by atoms with Crippen LogP contribution in [0.25, 0.3) is 0 Å². The molecule has 1 aliphatic rings. The first-order valence-corrected chi connectivity index (χ1v) is 8.14. The SMILES string of the molecule is CN(C)c1ccc(C(=O)NCc2ccc3c(c2)NC(=O)CCO3)cc1. The third kappa shape index (κ3) is 4.09. The van der Waals surface area contributed by atoms with Crippen LogP contribution < -0.4 is 20.3 Å². The second-order valence-electron chi connectivity index (χ2n) is 6.10. The van der Waals surface area contributed by atoms with Gasteiger partial charge in [-0.05, 0) is 42.0 Å². The van der Waals surface area contributed by atoms with Crippen LogP contribution in [-0.2, 0) is 11.3 Å². The van der Waals surface area contributed by atoms with E-state index in [2.05, 4.69) is 10.6 Å². The first-order valence-electron chi connectivity index (χ1n) is 8.14. The molecule has 130 valence electrons. The van der Waals surface area contributed by atoms with Gasteiger partial charge in [-0.1, -0.05) is 6.07 Å². The maximum Gasteiger partial charge on any atom is 0.251 e. The summed E-state index contributed by atoms with van der Waals surface area (Å²) in [5, 5.41) is 5.71. The van der Waals surface area contributed by atoms with Crippen molar-refractivity contribution in [3.05, 3.63) is 53.6 Å². The van der Waals surface area contributed by atoms with E-state index in [1.807, 2.05) is 49.3 Å². The molecule has 6 nitrogen and oxygen atoms in total. The fourth-order valence-electron chi connectivity index (χ4n) is 2.57. The van der Waals surface area contributed by atoms with E-state index < -0.39 is 0 Å². The van der Waals surface area contributed by atoms with E-state index >= 15 is 0 Å². The van der Waals surface area contributed by atoms with Crippen molar-refractivity contribution in [1.29, 1.82) is 0 Å². The summed E-state index contributed by atoms with van der Waals surface area (Å²) in [6.07, 6.45) is 0.337. The molecule has 1 aliphatic heterocycles. The molecule has 0 fully saturated rings. The van der Waals surface area contributed by atoms with Crippen molar-refractivity contribution >= 4 is 23.2 Å². The number of anilines is 2. The van der Waals surface area contributed by atoms with Crippen molar-refractivity contribution in [1.82, 2.24) is 5.32 Å². The van der Waals surface area contributed by atoms with Crippen LogP contribution in [-0.4, -0.2) is 32.5 Å². The second kappa shape index (κ2) is 7.25. The predicted octanol–water partition coefficient (Wildman–Crippen LogP) is 2.40. The maximum atomic E-state index is 12.3. The van der Waals surface area contributed by atoms with Gasteiger partial charge < -0.3 is 20.3 Å².